The van der Waals surface area contributed by atoms with E-state index in [1.54, 1.807) is 0 Å². The third-order valence-electron chi connectivity index (χ3n) is 4.39. The first-order valence-electron chi connectivity index (χ1n) is 8.26. The van der Waals surface area contributed by atoms with Gasteiger partial charge >= 0.3 is 0 Å². The van der Waals surface area contributed by atoms with E-state index in [-0.39, 0.29) is 18.2 Å². The number of para-hydroxylation sites is 1. The molecule has 1 aliphatic rings. The molecular formula is C18H27N3O2. The minimum atomic E-state index is -0.372. The molecule has 1 aromatic carbocycles. The van der Waals surface area contributed by atoms with Gasteiger partial charge in [-0.05, 0) is 38.8 Å². The third kappa shape index (κ3) is 3.91. The van der Waals surface area contributed by atoms with Crippen molar-refractivity contribution in [1.82, 2.24) is 4.90 Å². The Labute approximate surface area is 138 Å². The SMILES string of the molecule is CC(C)N(CCN1C(=O)Cc2cccc(CC(N)=O)c21)C(C)C. The first kappa shape index (κ1) is 17.5. The van der Waals surface area contributed by atoms with Crippen LogP contribution in [0.15, 0.2) is 18.2 Å². The molecule has 0 unspecified atom stereocenters. The van der Waals surface area contributed by atoms with Crippen molar-refractivity contribution < 1.29 is 9.59 Å². The maximum atomic E-state index is 12.4. The van der Waals surface area contributed by atoms with Crippen LogP contribution in [0.3, 0.4) is 0 Å². The molecule has 0 atom stereocenters. The van der Waals surface area contributed by atoms with Crippen LogP contribution in [0.4, 0.5) is 5.69 Å². The van der Waals surface area contributed by atoms with Crippen LogP contribution >= 0.6 is 0 Å². The summed E-state index contributed by atoms with van der Waals surface area (Å²) in [5.41, 5.74) is 8.09. The Kier molecular flexibility index (Phi) is 5.42. The zero-order valence-electron chi connectivity index (χ0n) is 14.5. The third-order valence-corrected chi connectivity index (χ3v) is 4.39. The lowest BCUT2D eigenvalue weighted by Gasteiger charge is -2.32. The van der Waals surface area contributed by atoms with E-state index in [0.717, 1.165) is 23.4 Å². The summed E-state index contributed by atoms with van der Waals surface area (Å²) >= 11 is 0. The van der Waals surface area contributed by atoms with E-state index in [2.05, 4.69) is 32.6 Å². The smallest absolute Gasteiger partial charge is 0.231 e. The van der Waals surface area contributed by atoms with Crippen LogP contribution < -0.4 is 10.6 Å². The van der Waals surface area contributed by atoms with Crippen LogP contribution in [-0.4, -0.2) is 41.9 Å². The highest BCUT2D eigenvalue weighted by molar-refractivity contribution is 6.03. The second kappa shape index (κ2) is 7.13. The molecule has 0 aromatic heterocycles. The van der Waals surface area contributed by atoms with E-state index >= 15 is 0 Å². The maximum Gasteiger partial charge on any atom is 0.231 e. The molecule has 1 aliphatic heterocycles. The zero-order chi connectivity index (χ0) is 17.1. The summed E-state index contributed by atoms with van der Waals surface area (Å²) in [6, 6.07) is 6.58. The Morgan fingerprint density at radius 3 is 2.48 bits per heavy atom. The summed E-state index contributed by atoms with van der Waals surface area (Å²) < 4.78 is 0. The van der Waals surface area contributed by atoms with Gasteiger partial charge in [0.1, 0.15) is 0 Å². The monoisotopic (exact) mass is 317 g/mol. The maximum absolute atomic E-state index is 12.4. The van der Waals surface area contributed by atoms with E-state index in [9.17, 15) is 9.59 Å². The number of nitrogens with zero attached hydrogens (tertiary/aromatic N) is 2. The van der Waals surface area contributed by atoms with Gasteiger partial charge in [-0.15, -0.1) is 0 Å². The molecule has 2 amide bonds. The Bertz CT molecular complexity index is 588. The highest BCUT2D eigenvalue weighted by Gasteiger charge is 2.30. The van der Waals surface area contributed by atoms with Gasteiger partial charge in [0.05, 0.1) is 18.5 Å². The molecule has 2 N–H and O–H groups in total. The minimum Gasteiger partial charge on any atom is -0.369 e. The largest absolute Gasteiger partial charge is 0.369 e. The van der Waals surface area contributed by atoms with Crippen molar-refractivity contribution >= 4 is 17.5 Å². The number of primary amides is 1. The summed E-state index contributed by atoms with van der Waals surface area (Å²) in [6.07, 6.45) is 0.580. The van der Waals surface area contributed by atoms with Gasteiger partial charge < -0.3 is 10.6 Å². The Morgan fingerprint density at radius 2 is 1.91 bits per heavy atom. The quantitative estimate of drug-likeness (QED) is 0.833. The van der Waals surface area contributed by atoms with Gasteiger partial charge in [-0.3, -0.25) is 14.5 Å². The van der Waals surface area contributed by atoms with Crippen molar-refractivity contribution in [2.24, 2.45) is 5.73 Å². The van der Waals surface area contributed by atoms with Crippen LogP contribution in [-0.2, 0) is 22.4 Å². The number of nitrogens with two attached hydrogens (primary N) is 1. The topological polar surface area (TPSA) is 66.6 Å². The fourth-order valence-electron chi connectivity index (χ4n) is 3.41. The normalized spacial score (nSPS) is 14.2. The molecule has 0 saturated heterocycles. The molecule has 0 fully saturated rings. The molecule has 0 aliphatic carbocycles. The van der Waals surface area contributed by atoms with Crippen molar-refractivity contribution in [2.45, 2.75) is 52.6 Å². The van der Waals surface area contributed by atoms with Crippen LogP contribution in [0.1, 0.15) is 38.8 Å². The molecule has 0 saturated carbocycles. The lowest BCUT2D eigenvalue weighted by atomic mass is 10.0. The molecule has 126 valence electrons. The lowest BCUT2D eigenvalue weighted by Crippen LogP contribution is -2.43. The summed E-state index contributed by atoms with van der Waals surface area (Å²) in [4.78, 5) is 27.9. The summed E-state index contributed by atoms with van der Waals surface area (Å²) in [5, 5.41) is 0. The van der Waals surface area contributed by atoms with Gasteiger partial charge in [0.25, 0.3) is 0 Å². The average molecular weight is 317 g/mol. The highest BCUT2D eigenvalue weighted by Crippen LogP contribution is 2.32. The lowest BCUT2D eigenvalue weighted by molar-refractivity contribution is -0.118. The predicted molar refractivity (Wildman–Crippen MR) is 92.4 cm³/mol. The molecule has 1 aromatic rings. The summed E-state index contributed by atoms with van der Waals surface area (Å²) in [6.45, 7) is 10.1. The van der Waals surface area contributed by atoms with Crippen LogP contribution in [0.5, 0.6) is 0 Å². The fourth-order valence-corrected chi connectivity index (χ4v) is 3.41. The number of rotatable bonds is 7. The number of hydrogen-bond acceptors (Lipinski definition) is 3. The highest BCUT2D eigenvalue weighted by atomic mass is 16.2. The molecule has 23 heavy (non-hydrogen) atoms. The van der Waals surface area contributed by atoms with E-state index in [1.165, 1.54) is 0 Å². The first-order chi connectivity index (χ1) is 10.8. The molecule has 0 bridgehead atoms. The Hall–Kier alpha value is -1.88. The van der Waals surface area contributed by atoms with Gasteiger partial charge in [-0.1, -0.05) is 18.2 Å². The zero-order valence-corrected chi connectivity index (χ0v) is 14.5. The summed E-state index contributed by atoms with van der Waals surface area (Å²) in [7, 11) is 0. The molecule has 5 heteroatoms. The van der Waals surface area contributed by atoms with E-state index in [1.807, 2.05) is 23.1 Å². The van der Waals surface area contributed by atoms with E-state index < -0.39 is 0 Å². The Morgan fingerprint density at radius 1 is 1.26 bits per heavy atom. The van der Waals surface area contributed by atoms with Crippen molar-refractivity contribution in [3.63, 3.8) is 0 Å². The van der Waals surface area contributed by atoms with Crippen molar-refractivity contribution in [3.8, 4) is 0 Å². The molecule has 5 nitrogen and oxygen atoms in total. The number of amides is 2. The van der Waals surface area contributed by atoms with Crippen molar-refractivity contribution in [2.75, 3.05) is 18.0 Å². The number of anilines is 1. The standard InChI is InChI=1S/C18H27N3O2/c1-12(2)20(13(3)4)8-9-21-17(23)11-15-7-5-6-14(18(15)21)10-16(19)22/h5-7,12-13H,8-11H2,1-4H3,(H2,19,22). The van der Waals surface area contributed by atoms with Gasteiger partial charge in [-0.25, -0.2) is 0 Å². The first-order valence-corrected chi connectivity index (χ1v) is 8.26. The predicted octanol–water partition coefficient (Wildman–Crippen LogP) is 1.72. The van der Waals surface area contributed by atoms with Gasteiger partial charge in [-0.2, -0.15) is 0 Å². The molecule has 1 heterocycles. The van der Waals surface area contributed by atoms with Gasteiger partial charge in [0, 0.05) is 25.2 Å². The number of benzene rings is 1. The number of fused-ring (bicyclic) bond motifs is 1. The van der Waals surface area contributed by atoms with Gasteiger partial charge in [0.15, 0.2) is 0 Å². The number of hydrogen-bond donors (Lipinski definition) is 1. The van der Waals surface area contributed by atoms with Crippen molar-refractivity contribution in [3.05, 3.63) is 29.3 Å². The van der Waals surface area contributed by atoms with Crippen LogP contribution in [0, 0.1) is 0 Å². The summed E-state index contributed by atoms with van der Waals surface area (Å²) in [5.74, 6) is -0.270. The van der Waals surface area contributed by atoms with E-state index in [0.29, 0.717) is 25.0 Å². The van der Waals surface area contributed by atoms with Crippen LogP contribution in [0.2, 0.25) is 0 Å². The fraction of sp³-hybridized carbons (Fsp3) is 0.556. The second-order valence-corrected chi connectivity index (χ2v) is 6.72. The van der Waals surface area contributed by atoms with Crippen LogP contribution in [0.25, 0.3) is 0 Å². The number of carbonyl (C=O) groups excluding carboxylic acids is 2. The van der Waals surface area contributed by atoms with Crippen molar-refractivity contribution in [1.29, 1.82) is 0 Å². The Balaban J connectivity index is 2.22. The second-order valence-electron chi connectivity index (χ2n) is 6.72. The molecule has 0 spiro atoms. The molecule has 2 rings (SSSR count). The number of carbonyl (C=O) groups is 2. The minimum absolute atomic E-state index is 0.101. The van der Waals surface area contributed by atoms with E-state index in [4.69, 9.17) is 5.73 Å². The molecule has 0 radical (unpaired) electrons. The average Bonchev–Trinajstić information content (AvgIpc) is 2.74. The van der Waals surface area contributed by atoms with Gasteiger partial charge in [0.2, 0.25) is 11.8 Å². The molecular weight excluding hydrogens is 290 g/mol.